The summed E-state index contributed by atoms with van der Waals surface area (Å²) in [5.74, 6) is -0.301. The predicted octanol–water partition coefficient (Wildman–Crippen LogP) is 3.81. The van der Waals surface area contributed by atoms with E-state index in [0.717, 1.165) is 24.8 Å². The molecule has 0 aliphatic heterocycles. The van der Waals surface area contributed by atoms with Crippen LogP contribution in [-0.2, 0) is 11.2 Å². The summed E-state index contributed by atoms with van der Waals surface area (Å²) < 4.78 is 18.8. The Morgan fingerprint density at radius 1 is 1.37 bits per heavy atom. The van der Waals surface area contributed by atoms with E-state index in [-0.39, 0.29) is 18.0 Å². The van der Waals surface area contributed by atoms with Gasteiger partial charge < -0.3 is 10.1 Å². The smallest absolute Gasteiger partial charge is 0.124 e. The van der Waals surface area contributed by atoms with E-state index < -0.39 is 0 Å². The Kier molecular flexibility index (Phi) is 7.36. The van der Waals surface area contributed by atoms with Crippen LogP contribution < -0.4 is 5.32 Å². The van der Waals surface area contributed by atoms with Crippen LogP contribution in [0.1, 0.15) is 32.3 Å². The SMILES string of the molecule is CCCC(OCC)C(Cc1ccc(F)cc1Cl)NC. The van der Waals surface area contributed by atoms with Crippen LogP contribution in [0.2, 0.25) is 5.02 Å². The highest BCUT2D eigenvalue weighted by Gasteiger charge is 2.21. The fourth-order valence-corrected chi connectivity index (χ4v) is 2.49. The standard InChI is InChI=1S/C15H23ClFNO/c1-4-6-15(19-5-2)14(18-3)9-11-7-8-12(17)10-13(11)16/h7-8,10,14-15,18H,4-6,9H2,1-3H3. The lowest BCUT2D eigenvalue weighted by Gasteiger charge is -2.27. The van der Waals surface area contributed by atoms with Crippen LogP contribution in [0.5, 0.6) is 0 Å². The maximum atomic E-state index is 13.0. The van der Waals surface area contributed by atoms with Crippen molar-refractivity contribution in [2.75, 3.05) is 13.7 Å². The van der Waals surface area contributed by atoms with Crippen molar-refractivity contribution in [3.63, 3.8) is 0 Å². The van der Waals surface area contributed by atoms with Crippen molar-refractivity contribution in [2.24, 2.45) is 0 Å². The third-order valence-electron chi connectivity index (χ3n) is 3.23. The van der Waals surface area contributed by atoms with Crippen LogP contribution in [0, 0.1) is 5.82 Å². The molecule has 0 aliphatic carbocycles. The molecular formula is C15H23ClFNO. The molecule has 2 atom stereocenters. The van der Waals surface area contributed by atoms with Crippen molar-refractivity contribution in [3.05, 3.63) is 34.6 Å². The average molecular weight is 288 g/mol. The van der Waals surface area contributed by atoms with E-state index in [2.05, 4.69) is 12.2 Å². The van der Waals surface area contributed by atoms with Gasteiger partial charge in [-0.25, -0.2) is 4.39 Å². The first-order chi connectivity index (χ1) is 9.12. The molecule has 2 nitrogen and oxygen atoms in total. The summed E-state index contributed by atoms with van der Waals surface area (Å²) in [7, 11) is 1.92. The van der Waals surface area contributed by atoms with Gasteiger partial charge in [0, 0.05) is 17.7 Å². The van der Waals surface area contributed by atoms with Crippen LogP contribution in [0.4, 0.5) is 4.39 Å². The number of nitrogens with one attached hydrogen (secondary N) is 1. The molecule has 0 fully saturated rings. The number of halogens is 2. The van der Waals surface area contributed by atoms with E-state index in [4.69, 9.17) is 16.3 Å². The summed E-state index contributed by atoms with van der Waals surface area (Å²) in [6.45, 7) is 4.84. The molecule has 0 aliphatic rings. The lowest BCUT2D eigenvalue weighted by atomic mass is 9.98. The van der Waals surface area contributed by atoms with E-state index in [1.165, 1.54) is 12.1 Å². The Labute approximate surface area is 120 Å². The Hall–Kier alpha value is -0.640. The highest BCUT2D eigenvalue weighted by molar-refractivity contribution is 6.31. The molecule has 108 valence electrons. The number of hydrogen-bond acceptors (Lipinski definition) is 2. The lowest BCUT2D eigenvalue weighted by Crippen LogP contribution is -2.41. The maximum Gasteiger partial charge on any atom is 0.124 e. The predicted molar refractivity (Wildman–Crippen MR) is 78.3 cm³/mol. The Morgan fingerprint density at radius 3 is 2.63 bits per heavy atom. The van der Waals surface area contributed by atoms with Crippen molar-refractivity contribution in [3.8, 4) is 0 Å². The van der Waals surface area contributed by atoms with Crippen LogP contribution in [0.25, 0.3) is 0 Å². The van der Waals surface area contributed by atoms with E-state index in [1.54, 1.807) is 6.07 Å². The molecular weight excluding hydrogens is 265 g/mol. The Balaban J connectivity index is 2.78. The molecule has 19 heavy (non-hydrogen) atoms. The van der Waals surface area contributed by atoms with E-state index in [1.807, 2.05) is 14.0 Å². The zero-order chi connectivity index (χ0) is 14.3. The first-order valence-corrected chi connectivity index (χ1v) is 7.22. The highest BCUT2D eigenvalue weighted by Crippen LogP contribution is 2.21. The molecule has 4 heteroatoms. The largest absolute Gasteiger partial charge is 0.377 e. The highest BCUT2D eigenvalue weighted by atomic mass is 35.5. The minimum absolute atomic E-state index is 0.154. The van der Waals surface area contributed by atoms with Crippen molar-refractivity contribution >= 4 is 11.6 Å². The molecule has 0 saturated carbocycles. The van der Waals surface area contributed by atoms with E-state index >= 15 is 0 Å². The third-order valence-corrected chi connectivity index (χ3v) is 3.58. The normalized spacial score (nSPS) is 14.4. The summed E-state index contributed by atoms with van der Waals surface area (Å²) >= 11 is 6.08. The van der Waals surface area contributed by atoms with Crippen LogP contribution >= 0.6 is 11.6 Å². The Bertz CT molecular complexity index is 380. The molecule has 1 aromatic rings. The number of hydrogen-bond donors (Lipinski definition) is 1. The van der Waals surface area contributed by atoms with Gasteiger partial charge >= 0.3 is 0 Å². The van der Waals surface area contributed by atoms with Crippen molar-refractivity contribution in [2.45, 2.75) is 45.3 Å². The van der Waals surface area contributed by atoms with Crippen LogP contribution in [0.3, 0.4) is 0 Å². The molecule has 0 spiro atoms. The molecule has 0 amide bonds. The Morgan fingerprint density at radius 2 is 2.11 bits per heavy atom. The zero-order valence-electron chi connectivity index (χ0n) is 11.9. The lowest BCUT2D eigenvalue weighted by molar-refractivity contribution is 0.0301. The summed E-state index contributed by atoms with van der Waals surface area (Å²) in [5.41, 5.74) is 0.947. The van der Waals surface area contributed by atoms with Crippen molar-refractivity contribution < 1.29 is 9.13 Å². The van der Waals surface area contributed by atoms with Gasteiger partial charge in [0.05, 0.1) is 6.10 Å². The minimum Gasteiger partial charge on any atom is -0.377 e. The molecule has 1 aromatic carbocycles. The second-order valence-corrected chi connectivity index (χ2v) is 5.02. The summed E-state index contributed by atoms with van der Waals surface area (Å²) in [5, 5.41) is 3.76. The van der Waals surface area contributed by atoms with Gasteiger partial charge in [0.25, 0.3) is 0 Å². The van der Waals surface area contributed by atoms with E-state index in [9.17, 15) is 4.39 Å². The van der Waals surface area contributed by atoms with Gasteiger partial charge in [0.15, 0.2) is 0 Å². The van der Waals surface area contributed by atoms with Gasteiger partial charge in [-0.05, 0) is 44.5 Å². The first kappa shape index (κ1) is 16.4. The van der Waals surface area contributed by atoms with Gasteiger partial charge in [0.1, 0.15) is 5.82 Å². The molecule has 0 aromatic heterocycles. The average Bonchev–Trinajstić information content (AvgIpc) is 2.38. The monoisotopic (exact) mass is 287 g/mol. The number of rotatable bonds is 8. The van der Waals surface area contributed by atoms with Crippen molar-refractivity contribution in [1.82, 2.24) is 5.32 Å². The summed E-state index contributed by atoms with van der Waals surface area (Å²) in [6, 6.07) is 4.74. The molecule has 0 radical (unpaired) electrons. The van der Waals surface area contributed by atoms with Crippen molar-refractivity contribution in [1.29, 1.82) is 0 Å². The third kappa shape index (κ3) is 5.09. The topological polar surface area (TPSA) is 21.3 Å². The zero-order valence-corrected chi connectivity index (χ0v) is 12.6. The fourth-order valence-electron chi connectivity index (χ4n) is 2.24. The minimum atomic E-state index is -0.301. The van der Waals surface area contributed by atoms with Gasteiger partial charge in [0.2, 0.25) is 0 Å². The molecule has 0 heterocycles. The molecule has 0 bridgehead atoms. The molecule has 1 N–H and O–H groups in total. The van der Waals surface area contributed by atoms with Gasteiger partial charge in [-0.2, -0.15) is 0 Å². The van der Waals surface area contributed by atoms with Crippen LogP contribution in [0.15, 0.2) is 18.2 Å². The maximum absolute atomic E-state index is 13.0. The number of benzene rings is 1. The number of ether oxygens (including phenoxy) is 1. The molecule has 1 rings (SSSR count). The molecule has 0 saturated heterocycles. The fraction of sp³-hybridized carbons (Fsp3) is 0.600. The molecule has 2 unspecified atom stereocenters. The summed E-state index contributed by atoms with van der Waals surface area (Å²) in [4.78, 5) is 0. The number of likely N-dealkylation sites (N-methyl/N-ethyl adjacent to an activating group) is 1. The van der Waals surface area contributed by atoms with Gasteiger partial charge in [-0.3, -0.25) is 0 Å². The van der Waals surface area contributed by atoms with Gasteiger partial charge in [-0.15, -0.1) is 0 Å². The second kappa shape index (κ2) is 8.51. The summed E-state index contributed by atoms with van der Waals surface area (Å²) in [6.07, 6.45) is 2.96. The first-order valence-electron chi connectivity index (χ1n) is 6.85. The quantitative estimate of drug-likeness (QED) is 0.785. The second-order valence-electron chi connectivity index (χ2n) is 4.62. The van der Waals surface area contributed by atoms with Crippen LogP contribution in [-0.4, -0.2) is 25.8 Å². The van der Waals surface area contributed by atoms with E-state index in [0.29, 0.717) is 11.6 Å². The van der Waals surface area contributed by atoms with Gasteiger partial charge in [-0.1, -0.05) is 31.0 Å².